The van der Waals surface area contributed by atoms with Crippen LogP contribution in [-0.2, 0) is 0 Å². The van der Waals surface area contributed by atoms with Crippen molar-refractivity contribution in [1.82, 2.24) is 4.90 Å². The highest BCUT2D eigenvalue weighted by atomic mass is 16.3. The van der Waals surface area contributed by atoms with Crippen LogP contribution in [0.5, 0.6) is 0 Å². The summed E-state index contributed by atoms with van der Waals surface area (Å²) in [5, 5.41) is 18.3. The molecule has 0 aromatic heterocycles. The summed E-state index contributed by atoms with van der Waals surface area (Å²) in [6, 6.07) is 0. The summed E-state index contributed by atoms with van der Waals surface area (Å²) in [5.41, 5.74) is -0.441. The molecule has 3 heteroatoms. The number of hydrogen-bond acceptors (Lipinski definition) is 3. The van der Waals surface area contributed by atoms with E-state index in [1.54, 1.807) is 0 Å². The quantitative estimate of drug-likeness (QED) is 0.598. The van der Waals surface area contributed by atoms with Gasteiger partial charge >= 0.3 is 0 Å². The van der Waals surface area contributed by atoms with Crippen molar-refractivity contribution in [3.05, 3.63) is 0 Å². The van der Waals surface area contributed by atoms with Gasteiger partial charge in [-0.15, -0.1) is 0 Å². The molecule has 0 atom stereocenters. The molecule has 0 aliphatic heterocycles. The number of nitrogens with zero attached hydrogens (tertiary/aromatic N) is 1. The second-order valence-electron chi connectivity index (χ2n) is 3.54. The predicted molar refractivity (Wildman–Crippen MR) is 43.4 cm³/mol. The molecule has 1 aliphatic rings. The zero-order valence-corrected chi connectivity index (χ0v) is 7.08. The molecule has 66 valence electrons. The summed E-state index contributed by atoms with van der Waals surface area (Å²) in [6.07, 6.45) is 2.98. The van der Waals surface area contributed by atoms with Gasteiger partial charge in [-0.1, -0.05) is 0 Å². The summed E-state index contributed by atoms with van der Waals surface area (Å²) in [6.45, 7) is 1.53. The molecule has 1 rings (SSSR count). The molecule has 0 unspecified atom stereocenters. The maximum Gasteiger partial charge on any atom is 0.0774 e. The second kappa shape index (κ2) is 3.52. The van der Waals surface area contributed by atoms with Crippen LogP contribution in [0.2, 0.25) is 0 Å². The van der Waals surface area contributed by atoms with Crippen molar-refractivity contribution in [3.63, 3.8) is 0 Å². The van der Waals surface area contributed by atoms with Crippen molar-refractivity contribution in [1.29, 1.82) is 0 Å². The topological polar surface area (TPSA) is 43.7 Å². The molecule has 0 saturated heterocycles. The van der Waals surface area contributed by atoms with Gasteiger partial charge in [0.1, 0.15) is 0 Å². The van der Waals surface area contributed by atoms with E-state index in [-0.39, 0.29) is 6.61 Å². The van der Waals surface area contributed by atoms with Gasteiger partial charge < -0.3 is 15.1 Å². The van der Waals surface area contributed by atoms with Crippen LogP contribution >= 0.6 is 0 Å². The number of aliphatic hydroxyl groups is 2. The molecule has 0 radical (unpaired) electrons. The lowest BCUT2D eigenvalue weighted by Gasteiger charge is -2.39. The van der Waals surface area contributed by atoms with Crippen molar-refractivity contribution in [2.45, 2.75) is 24.9 Å². The van der Waals surface area contributed by atoms with Crippen LogP contribution < -0.4 is 0 Å². The predicted octanol–water partition coefficient (Wildman–Crippen LogP) is -0.175. The first kappa shape index (κ1) is 8.97. The van der Waals surface area contributed by atoms with Gasteiger partial charge in [0, 0.05) is 13.1 Å². The monoisotopic (exact) mass is 159 g/mol. The summed E-state index contributed by atoms with van der Waals surface area (Å²) >= 11 is 0. The Labute approximate surface area is 67.6 Å². The summed E-state index contributed by atoms with van der Waals surface area (Å²) in [7, 11) is 1.92. The van der Waals surface area contributed by atoms with Crippen molar-refractivity contribution >= 4 is 0 Å². The van der Waals surface area contributed by atoms with Crippen molar-refractivity contribution in [2.24, 2.45) is 0 Å². The minimum absolute atomic E-state index is 0.173. The molecule has 2 N–H and O–H groups in total. The van der Waals surface area contributed by atoms with Gasteiger partial charge in [-0.05, 0) is 26.3 Å². The van der Waals surface area contributed by atoms with Crippen LogP contribution in [0.1, 0.15) is 19.3 Å². The average Bonchev–Trinajstić information content (AvgIpc) is 1.85. The molecule has 0 bridgehead atoms. The fourth-order valence-electron chi connectivity index (χ4n) is 1.50. The van der Waals surface area contributed by atoms with E-state index in [1.807, 2.05) is 11.9 Å². The highest BCUT2D eigenvalue weighted by Gasteiger charge is 2.34. The van der Waals surface area contributed by atoms with Crippen LogP contribution in [0, 0.1) is 0 Å². The Hall–Kier alpha value is -0.120. The van der Waals surface area contributed by atoms with Crippen LogP contribution in [0.25, 0.3) is 0 Å². The van der Waals surface area contributed by atoms with E-state index in [0.717, 1.165) is 19.3 Å². The first-order valence-electron chi connectivity index (χ1n) is 4.18. The number of rotatable bonds is 4. The molecule has 0 amide bonds. The van der Waals surface area contributed by atoms with E-state index in [1.165, 1.54) is 0 Å². The molecule has 0 spiro atoms. The third kappa shape index (κ3) is 2.43. The van der Waals surface area contributed by atoms with Gasteiger partial charge in [0.05, 0.1) is 12.2 Å². The van der Waals surface area contributed by atoms with Crippen molar-refractivity contribution in [3.8, 4) is 0 Å². The van der Waals surface area contributed by atoms with Crippen LogP contribution in [0.3, 0.4) is 0 Å². The number of likely N-dealkylation sites (N-methyl/N-ethyl adjacent to an activating group) is 1. The van der Waals surface area contributed by atoms with E-state index >= 15 is 0 Å². The summed E-state index contributed by atoms with van der Waals surface area (Å²) < 4.78 is 0. The summed E-state index contributed by atoms with van der Waals surface area (Å²) in [4.78, 5) is 1.97. The normalized spacial score (nSPS) is 21.8. The molecular weight excluding hydrogens is 142 g/mol. The zero-order chi connectivity index (χ0) is 8.32. The lowest BCUT2D eigenvalue weighted by Crippen LogP contribution is -2.47. The van der Waals surface area contributed by atoms with Gasteiger partial charge in [0.25, 0.3) is 0 Å². The van der Waals surface area contributed by atoms with E-state index in [4.69, 9.17) is 5.11 Å². The van der Waals surface area contributed by atoms with Gasteiger partial charge in [0.2, 0.25) is 0 Å². The van der Waals surface area contributed by atoms with Crippen molar-refractivity contribution < 1.29 is 10.2 Å². The first-order chi connectivity index (χ1) is 5.16. The molecule has 1 fully saturated rings. The van der Waals surface area contributed by atoms with Crippen LogP contribution in [0.15, 0.2) is 0 Å². The summed E-state index contributed by atoms with van der Waals surface area (Å²) in [5.74, 6) is 0. The van der Waals surface area contributed by atoms with E-state index in [9.17, 15) is 5.11 Å². The number of aliphatic hydroxyl groups excluding tert-OH is 1. The Morgan fingerprint density at radius 3 is 2.45 bits per heavy atom. The number of hydrogen-bond donors (Lipinski definition) is 2. The minimum Gasteiger partial charge on any atom is -0.395 e. The molecular formula is C8H17NO2. The largest absolute Gasteiger partial charge is 0.395 e. The molecule has 1 saturated carbocycles. The molecule has 0 heterocycles. The van der Waals surface area contributed by atoms with Gasteiger partial charge in [-0.25, -0.2) is 0 Å². The lowest BCUT2D eigenvalue weighted by atomic mass is 9.80. The lowest BCUT2D eigenvalue weighted by molar-refractivity contribution is -0.0557. The highest BCUT2D eigenvalue weighted by molar-refractivity contribution is 4.89. The van der Waals surface area contributed by atoms with Gasteiger partial charge in [0.15, 0.2) is 0 Å². The smallest absolute Gasteiger partial charge is 0.0774 e. The molecule has 0 aromatic carbocycles. The fourth-order valence-corrected chi connectivity index (χ4v) is 1.50. The highest BCUT2D eigenvalue weighted by Crippen LogP contribution is 2.31. The van der Waals surface area contributed by atoms with Gasteiger partial charge in [-0.3, -0.25) is 0 Å². The minimum atomic E-state index is -0.441. The van der Waals surface area contributed by atoms with Crippen molar-refractivity contribution in [2.75, 3.05) is 26.7 Å². The van der Waals surface area contributed by atoms with Crippen LogP contribution in [0.4, 0.5) is 0 Å². The third-order valence-electron chi connectivity index (χ3n) is 2.33. The Balaban J connectivity index is 2.18. The van der Waals surface area contributed by atoms with Crippen LogP contribution in [-0.4, -0.2) is 47.5 Å². The maximum absolute atomic E-state index is 9.68. The Bertz CT molecular complexity index is 123. The van der Waals surface area contributed by atoms with E-state index in [0.29, 0.717) is 13.1 Å². The fraction of sp³-hybridized carbons (Fsp3) is 1.00. The Morgan fingerprint density at radius 2 is 2.09 bits per heavy atom. The Kier molecular flexibility index (Phi) is 2.87. The van der Waals surface area contributed by atoms with E-state index < -0.39 is 5.60 Å². The molecule has 11 heavy (non-hydrogen) atoms. The molecule has 1 aliphatic carbocycles. The second-order valence-corrected chi connectivity index (χ2v) is 3.54. The molecule has 3 nitrogen and oxygen atoms in total. The SMILES string of the molecule is CN(CCO)CC1(O)CCC1. The van der Waals surface area contributed by atoms with E-state index in [2.05, 4.69) is 0 Å². The standard InChI is InChI=1S/C8H17NO2/c1-9(5-6-10)7-8(11)3-2-4-8/h10-11H,2-7H2,1H3. The maximum atomic E-state index is 9.68. The van der Waals surface area contributed by atoms with Gasteiger partial charge in [-0.2, -0.15) is 0 Å². The molecule has 0 aromatic rings. The first-order valence-corrected chi connectivity index (χ1v) is 4.18. The zero-order valence-electron chi connectivity index (χ0n) is 7.08. The Morgan fingerprint density at radius 1 is 1.45 bits per heavy atom. The average molecular weight is 159 g/mol. The third-order valence-corrected chi connectivity index (χ3v) is 2.33.